The van der Waals surface area contributed by atoms with Crippen LogP contribution in [0.15, 0.2) is 23.1 Å². The van der Waals surface area contributed by atoms with Gasteiger partial charge in [-0.2, -0.15) is 5.10 Å². The molecule has 1 N–H and O–H groups in total. The van der Waals surface area contributed by atoms with Crippen LogP contribution in [0.3, 0.4) is 0 Å². The third-order valence-electron chi connectivity index (χ3n) is 5.42. The monoisotopic (exact) mass is 404 g/mol. The lowest BCUT2D eigenvalue weighted by Gasteiger charge is -2.20. The zero-order chi connectivity index (χ0) is 20.8. The summed E-state index contributed by atoms with van der Waals surface area (Å²) in [6.45, 7) is 11.9. The first-order valence-corrected chi connectivity index (χ1v) is 11.0. The third kappa shape index (κ3) is 3.46. The first-order chi connectivity index (χ1) is 13.1. The van der Waals surface area contributed by atoms with Gasteiger partial charge in [-0.15, -0.1) is 0 Å². The Labute approximate surface area is 166 Å². The van der Waals surface area contributed by atoms with Gasteiger partial charge in [0.1, 0.15) is 0 Å². The largest absolute Gasteiger partial charge is 0.309 e. The molecule has 0 fully saturated rings. The normalized spacial score (nSPS) is 17.6. The van der Waals surface area contributed by atoms with E-state index in [1.807, 2.05) is 39.3 Å². The number of fused-ring (bicyclic) bond motifs is 1. The Morgan fingerprint density at radius 3 is 2.61 bits per heavy atom. The van der Waals surface area contributed by atoms with Crippen molar-refractivity contribution in [2.24, 2.45) is 0 Å². The van der Waals surface area contributed by atoms with Crippen molar-refractivity contribution in [3.05, 3.63) is 40.7 Å². The van der Waals surface area contributed by atoms with Crippen LogP contribution in [0.5, 0.6) is 0 Å². The Balaban J connectivity index is 1.90. The van der Waals surface area contributed by atoms with E-state index in [4.69, 9.17) is 0 Å². The zero-order valence-corrected chi connectivity index (χ0v) is 18.1. The standard InChI is InChI=1S/C20H28N4O3S/c1-7-23-15(5)20(13(3)21-23)14(4)22-28(26,27)18-8-9-19-17(11-18)10-12(2)24(19)16(6)25/h8-9,11-12,14,22H,7,10H2,1-6H3. The highest BCUT2D eigenvalue weighted by atomic mass is 32.2. The lowest BCUT2D eigenvalue weighted by Crippen LogP contribution is -2.33. The van der Waals surface area contributed by atoms with Crippen LogP contribution in [0.4, 0.5) is 5.69 Å². The smallest absolute Gasteiger partial charge is 0.241 e. The molecule has 2 unspecified atom stereocenters. The molecule has 0 bridgehead atoms. The van der Waals surface area contributed by atoms with E-state index < -0.39 is 16.1 Å². The van der Waals surface area contributed by atoms with Crippen molar-refractivity contribution in [3.8, 4) is 0 Å². The third-order valence-corrected chi connectivity index (χ3v) is 6.96. The van der Waals surface area contributed by atoms with E-state index in [1.165, 1.54) is 6.92 Å². The highest BCUT2D eigenvalue weighted by Crippen LogP contribution is 2.34. The maximum Gasteiger partial charge on any atom is 0.241 e. The van der Waals surface area contributed by atoms with Gasteiger partial charge in [-0.05, 0) is 64.8 Å². The number of hydrogen-bond acceptors (Lipinski definition) is 4. The van der Waals surface area contributed by atoms with Gasteiger partial charge in [-0.3, -0.25) is 9.48 Å². The number of benzene rings is 1. The van der Waals surface area contributed by atoms with Crippen LogP contribution >= 0.6 is 0 Å². The van der Waals surface area contributed by atoms with Gasteiger partial charge in [0.25, 0.3) is 0 Å². The van der Waals surface area contributed by atoms with Crippen molar-refractivity contribution in [2.45, 2.75) is 71.5 Å². The molecule has 1 aromatic carbocycles. The fourth-order valence-corrected chi connectivity index (χ4v) is 5.52. The molecule has 0 saturated carbocycles. The first-order valence-electron chi connectivity index (χ1n) is 9.55. The van der Waals surface area contributed by atoms with Gasteiger partial charge in [-0.25, -0.2) is 13.1 Å². The summed E-state index contributed by atoms with van der Waals surface area (Å²) in [5.74, 6) is -0.0347. The van der Waals surface area contributed by atoms with Crippen LogP contribution in [0.25, 0.3) is 0 Å². The molecule has 0 radical (unpaired) electrons. The molecule has 2 heterocycles. The summed E-state index contributed by atoms with van der Waals surface area (Å²) in [5.41, 5.74) is 4.37. The van der Waals surface area contributed by atoms with Crippen molar-refractivity contribution < 1.29 is 13.2 Å². The van der Waals surface area contributed by atoms with Gasteiger partial charge in [0.2, 0.25) is 15.9 Å². The number of amides is 1. The number of rotatable bonds is 5. The molecule has 8 heteroatoms. The minimum Gasteiger partial charge on any atom is -0.309 e. The maximum absolute atomic E-state index is 13.0. The molecule has 0 spiro atoms. The second-order valence-corrected chi connectivity index (χ2v) is 9.19. The number of aromatic nitrogens is 2. The van der Waals surface area contributed by atoms with Crippen molar-refractivity contribution in [3.63, 3.8) is 0 Å². The number of hydrogen-bond donors (Lipinski definition) is 1. The van der Waals surface area contributed by atoms with Crippen LogP contribution < -0.4 is 9.62 Å². The SMILES string of the molecule is CCn1nc(C)c(C(C)NS(=O)(=O)c2ccc3c(c2)CC(C)N3C(C)=O)c1C. The number of nitrogens with one attached hydrogen (secondary N) is 1. The molecular formula is C20H28N4O3S. The zero-order valence-electron chi connectivity index (χ0n) is 17.3. The molecule has 1 aliphatic heterocycles. The van der Waals surface area contributed by atoms with E-state index in [-0.39, 0.29) is 16.8 Å². The van der Waals surface area contributed by atoms with Crippen LogP contribution in [0.2, 0.25) is 0 Å². The van der Waals surface area contributed by atoms with Crippen molar-refractivity contribution in [2.75, 3.05) is 4.90 Å². The van der Waals surface area contributed by atoms with Crippen LogP contribution in [-0.4, -0.2) is 30.1 Å². The molecule has 0 aliphatic carbocycles. The molecule has 3 rings (SSSR count). The van der Waals surface area contributed by atoms with Gasteiger partial charge in [0.05, 0.1) is 10.6 Å². The Hall–Kier alpha value is -2.19. The quantitative estimate of drug-likeness (QED) is 0.830. The molecular weight excluding hydrogens is 376 g/mol. The second kappa shape index (κ2) is 7.33. The van der Waals surface area contributed by atoms with Crippen molar-refractivity contribution in [1.29, 1.82) is 0 Å². The summed E-state index contributed by atoms with van der Waals surface area (Å²) < 4.78 is 30.6. The predicted molar refractivity (Wildman–Crippen MR) is 109 cm³/mol. The lowest BCUT2D eigenvalue weighted by atomic mass is 10.1. The number of carbonyl (C=O) groups excluding carboxylic acids is 1. The van der Waals surface area contributed by atoms with E-state index in [0.29, 0.717) is 6.42 Å². The van der Waals surface area contributed by atoms with Gasteiger partial charge >= 0.3 is 0 Å². The van der Waals surface area contributed by atoms with E-state index in [0.717, 1.165) is 34.7 Å². The molecule has 7 nitrogen and oxygen atoms in total. The van der Waals surface area contributed by atoms with E-state index in [2.05, 4.69) is 9.82 Å². The Morgan fingerprint density at radius 1 is 1.36 bits per heavy atom. The summed E-state index contributed by atoms with van der Waals surface area (Å²) in [6.07, 6.45) is 0.648. The van der Waals surface area contributed by atoms with Crippen LogP contribution in [0, 0.1) is 13.8 Å². The molecule has 0 saturated heterocycles. The molecule has 2 atom stereocenters. The van der Waals surface area contributed by atoms with Gasteiger partial charge in [0, 0.05) is 42.5 Å². The highest BCUT2D eigenvalue weighted by Gasteiger charge is 2.31. The summed E-state index contributed by atoms with van der Waals surface area (Å²) in [4.78, 5) is 13.8. The highest BCUT2D eigenvalue weighted by molar-refractivity contribution is 7.89. The molecule has 152 valence electrons. The number of nitrogens with zero attached hydrogens (tertiary/aromatic N) is 3. The van der Waals surface area contributed by atoms with E-state index in [9.17, 15) is 13.2 Å². The van der Waals surface area contributed by atoms with Crippen LogP contribution in [0.1, 0.15) is 56.3 Å². The van der Waals surface area contributed by atoms with Gasteiger partial charge in [0.15, 0.2) is 0 Å². The Bertz CT molecular complexity index is 1030. The molecule has 1 amide bonds. The van der Waals surface area contributed by atoms with Gasteiger partial charge in [-0.1, -0.05) is 0 Å². The number of sulfonamides is 1. The average molecular weight is 405 g/mol. The first kappa shape index (κ1) is 20.5. The number of aryl methyl sites for hydroxylation is 2. The van der Waals surface area contributed by atoms with E-state index >= 15 is 0 Å². The van der Waals surface area contributed by atoms with Crippen molar-refractivity contribution >= 4 is 21.6 Å². The lowest BCUT2D eigenvalue weighted by molar-refractivity contribution is -0.116. The predicted octanol–water partition coefficient (Wildman–Crippen LogP) is 2.86. The maximum atomic E-state index is 13.0. The minimum atomic E-state index is -3.71. The van der Waals surface area contributed by atoms with Crippen molar-refractivity contribution in [1.82, 2.24) is 14.5 Å². The fraction of sp³-hybridized carbons (Fsp3) is 0.500. The van der Waals surface area contributed by atoms with Crippen LogP contribution in [-0.2, 0) is 27.8 Å². The molecule has 1 aromatic heterocycles. The molecule has 2 aromatic rings. The summed E-state index contributed by atoms with van der Waals surface area (Å²) in [5, 5.41) is 4.48. The average Bonchev–Trinajstić information content (AvgIpc) is 3.08. The summed E-state index contributed by atoms with van der Waals surface area (Å²) in [7, 11) is -3.71. The summed E-state index contributed by atoms with van der Waals surface area (Å²) >= 11 is 0. The Morgan fingerprint density at radius 2 is 2.04 bits per heavy atom. The second-order valence-electron chi connectivity index (χ2n) is 7.48. The topological polar surface area (TPSA) is 84.3 Å². The van der Waals surface area contributed by atoms with E-state index in [1.54, 1.807) is 23.1 Å². The number of carbonyl (C=O) groups is 1. The minimum absolute atomic E-state index is 0.0301. The Kier molecular flexibility index (Phi) is 5.38. The number of anilines is 1. The molecule has 28 heavy (non-hydrogen) atoms. The molecule has 1 aliphatic rings. The fourth-order valence-electron chi connectivity index (χ4n) is 4.26. The summed E-state index contributed by atoms with van der Waals surface area (Å²) in [6, 6.07) is 4.61. The van der Waals surface area contributed by atoms with Gasteiger partial charge < -0.3 is 4.90 Å².